The second kappa shape index (κ2) is 10.0. The molecule has 3 unspecified atom stereocenters. The molecule has 3 atom stereocenters. The molecule has 0 aromatic heterocycles. The Bertz CT molecular complexity index is 506. The van der Waals surface area contributed by atoms with Gasteiger partial charge < -0.3 is 11.1 Å². The van der Waals surface area contributed by atoms with Gasteiger partial charge in [0, 0.05) is 18.8 Å². The standard InChI is InChI=1S/C19H31N3O.ClH/c1-4-15(3)18(20)19(23)21-17-9-7-16(8-10-17)13-22-11-5-6-14(2)12-22;/h7-10,14-15,18H,4-6,11-13,20H2,1-3H3,(H,21,23);1H. The van der Waals surface area contributed by atoms with Crippen LogP contribution in [0.3, 0.4) is 0 Å². The van der Waals surface area contributed by atoms with Crippen LogP contribution in [0.4, 0.5) is 5.69 Å². The number of benzene rings is 1. The molecule has 1 fully saturated rings. The Kier molecular flexibility index (Phi) is 8.74. The molecule has 1 aliphatic rings. The lowest BCUT2D eigenvalue weighted by Crippen LogP contribution is -2.40. The van der Waals surface area contributed by atoms with Gasteiger partial charge in [-0.3, -0.25) is 9.69 Å². The van der Waals surface area contributed by atoms with Crippen LogP contribution in [0.1, 0.15) is 45.6 Å². The van der Waals surface area contributed by atoms with Crippen molar-refractivity contribution in [1.29, 1.82) is 0 Å². The summed E-state index contributed by atoms with van der Waals surface area (Å²) in [4.78, 5) is 14.6. The summed E-state index contributed by atoms with van der Waals surface area (Å²) >= 11 is 0. The van der Waals surface area contributed by atoms with Gasteiger partial charge in [-0.2, -0.15) is 0 Å². The van der Waals surface area contributed by atoms with E-state index >= 15 is 0 Å². The summed E-state index contributed by atoms with van der Waals surface area (Å²) in [5.74, 6) is 0.886. The molecule has 0 saturated carbocycles. The number of halogens is 1. The largest absolute Gasteiger partial charge is 0.325 e. The van der Waals surface area contributed by atoms with Crippen molar-refractivity contribution in [2.24, 2.45) is 17.6 Å². The summed E-state index contributed by atoms with van der Waals surface area (Å²) in [6, 6.07) is 7.70. The van der Waals surface area contributed by atoms with E-state index in [9.17, 15) is 4.79 Å². The minimum absolute atomic E-state index is 0. The number of anilines is 1. The third kappa shape index (κ3) is 6.08. The van der Waals surface area contributed by atoms with Gasteiger partial charge in [-0.1, -0.05) is 39.3 Å². The number of nitrogens with one attached hydrogen (secondary N) is 1. The van der Waals surface area contributed by atoms with Gasteiger partial charge in [-0.25, -0.2) is 0 Å². The van der Waals surface area contributed by atoms with Crippen LogP contribution in [0.5, 0.6) is 0 Å². The van der Waals surface area contributed by atoms with Gasteiger partial charge in [0.15, 0.2) is 0 Å². The Labute approximate surface area is 152 Å². The van der Waals surface area contributed by atoms with Crippen molar-refractivity contribution in [3.63, 3.8) is 0 Å². The highest BCUT2D eigenvalue weighted by Crippen LogP contribution is 2.19. The molecule has 1 amide bonds. The van der Waals surface area contributed by atoms with E-state index in [-0.39, 0.29) is 24.2 Å². The molecule has 1 aromatic rings. The molecule has 136 valence electrons. The topological polar surface area (TPSA) is 58.4 Å². The van der Waals surface area contributed by atoms with E-state index in [1.807, 2.05) is 26.0 Å². The molecule has 2 rings (SSSR count). The first-order valence-corrected chi connectivity index (χ1v) is 8.87. The number of carbonyl (C=O) groups is 1. The number of hydrogen-bond donors (Lipinski definition) is 2. The number of amides is 1. The maximum atomic E-state index is 12.1. The number of nitrogens with zero attached hydrogens (tertiary/aromatic N) is 1. The van der Waals surface area contributed by atoms with Crippen LogP contribution in [0.2, 0.25) is 0 Å². The first kappa shape index (κ1) is 20.9. The average molecular weight is 354 g/mol. The van der Waals surface area contributed by atoms with Crippen molar-refractivity contribution < 1.29 is 4.79 Å². The highest BCUT2D eigenvalue weighted by Gasteiger charge is 2.19. The summed E-state index contributed by atoms with van der Waals surface area (Å²) < 4.78 is 0. The van der Waals surface area contributed by atoms with E-state index < -0.39 is 6.04 Å². The molecule has 0 spiro atoms. The number of hydrogen-bond acceptors (Lipinski definition) is 3. The summed E-state index contributed by atoms with van der Waals surface area (Å²) in [7, 11) is 0. The van der Waals surface area contributed by atoms with Crippen molar-refractivity contribution in [2.45, 2.75) is 52.6 Å². The molecule has 1 saturated heterocycles. The van der Waals surface area contributed by atoms with Crippen LogP contribution >= 0.6 is 12.4 Å². The molecular weight excluding hydrogens is 322 g/mol. The Morgan fingerprint density at radius 2 is 2.04 bits per heavy atom. The maximum absolute atomic E-state index is 12.1. The van der Waals surface area contributed by atoms with Crippen LogP contribution in [-0.4, -0.2) is 29.9 Å². The SMILES string of the molecule is CCC(C)C(N)C(=O)Nc1ccc(CN2CCCC(C)C2)cc1.Cl. The molecule has 1 aliphatic heterocycles. The van der Waals surface area contributed by atoms with Crippen molar-refractivity contribution in [1.82, 2.24) is 4.90 Å². The zero-order chi connectivity index (χ0) is 16.8. The molecule has 4 nitrogen and oxygen atoms in total. The van der Waals surface area contributed by atoms with Crippen LogP contribution in [0.15, 0.2) is 24.3 Å². The van der Waals surface area contributed by atoms with Crippen molar-refractivity contribution >= 4 is 24.0 Å². The highest BCUT2D eigenvalue weighted by molar-refractivity contribution is 5.94. The first-order chi connectivity index (χ1) is 11.0. The minimum atomic E-state index is -0.450. The highest BCUT2D eigenvalue weighted by atomic mass is 35.5. The number of nitrogens with two attached hydrogens (primary N) is 1. The molecule has 0 bridgehead atoms. The predicted molar refractivity (Wildman–Crippen MR) is 103 cm³/mol. The smallest absolute Gasteiger partial charge is 0.241 e. The van der Waals surface area contributed by atoms with Crippen molar-refractivity contribution in [3.05, 3.63) is 29.8 Å². The number of piperidine rings is 1. The lowest BCUT2D eigenvalue weighted by molar-refractivity contribution is -0.118. The summed E-state index contributed by atoms with van der Waals surface area (Å²) in [5.41, 5.74) is 8.09. The van der Waals surface area contributed by atoms with Crippen LogP contribution in [0, 0.1) is 11.8 Å². The Morgan fingerprint density at radius 3 is 2.62 bits per heavy atom. The summed E-state index contributed by atoms with van der Waals surface area (Å²) in [5, 5.41) is 2.92. The van der Waals surface area contributed by atoms with Gasteiger partial charge in [0.25, 0.3) is 0 Å². The van der Waals surface area contributed by atoms with Gasteiger partial charge in [-0.15, -0.1) is 12.4 Å². The fourth-order valence-corrected chi connectivity index (χ4v) is 3.12. The molecule has 0 radical (unpaired) electrons. The molecular formula is C19H32ClN3O. The van der Waals surface area contributed by atoms with Gasteiger partial charge in [0.1, 0.15) is 0 Å². The zero-order valence-corrected chi connectivity index (χ0v) is 15.9. The number of rotatable bonds is 6. The Balaban J connectivity index is 0.00000288. The van der Waals surface area contributed by atoms with Gasteiger partial charge >= 0.3 is 0 Å². The maximum Gasteiger partial charge on any atom is 0.241 e. The molecule has 3 N–H and O–H groups in total. The van der Waals surface area contributed by atoms with E-state index in [2.05, 4.69) is 29.3 Å². The monoisotopic (exact) mass is 353 g/mol. The van der Waals surface area contributed by atoms with Gasteiger partial charge in [0.05, 0.1) is 6.04 Å². The van der Waals surface area contributed by atoms with E-state index in [1.54, 1.807) is 0 Å². The second-order valence-electron chi connectivity index (χ2n) is 7.08. The van der Waals surface area contributed by atoms with Gasteiger partial charge in [-0.05, 0) is 48.9 Å². The fourth-order valence-electron chi connectivity index (χ4n) is 3.12. The Morgan fingerprint density at radius 1 is 1.38 bits per heavy atom. The normalized spacial score (nSPS) is 20.8. The molecule has 1 heterocycles. The molecule has 5 heteroatoms. The van der Waals surface area contributed by atoms with Crippen LogP contribution in [0.25, 0.3) is 0 Å². The van der Waals surface area contributed by atoms with Crippen LogP contribution in [-0.2, 0) is 11.3 Å². The van der Waals surface area contributed by atoms with E-state index in [0.717, 1.165) is 24.6 Å². The summed E-state index contributed by atoms with van der Waals surface area (Å²) in [6.07, 6.45) is 3.54. The predicted octanol–water partition coefficient (Wildman–Crippen LogP) is 3.65. The van der Waals surface area contributed by atoms with Crippen LogP contribution < -0.4 is 11.1 Å². The minimum Gasteiger partial charge on any atom is -0.325 e. The zero-order valence-electron chi connectivity index (χ0n) is 15.1. The second-order valence-corrected chi connectivity index (χ2v) is 7.08. The molecule has 1 aromatic carbocycles. The lowest BCUT2D eigenvalue weighted by Gasteiger charge is -2.30. The Hall–Kier alpha value is -1.10. The fraction of sp³-hybridized carbons (Fsp3) is 0.632. The number of carbonyl (C=O) groups excluding carboxylic acids is 1. The molecule has 24 heavy (non-hydrogen) atoms. The third-order valence-electron chi connectivity index (χ3n) is 4.93. The average Bonchev–Trinajstić information content (AvgIpc) is 2.55. The number of likely N-dealkylation sites (tertiary alicyclic amines) is 1. The quantitative estimate of drug-likeness (QED) is 0.820. The molecule has 0 aliphatic carbocycles. The first-order valence-electron chi connectivity index (χ1n) is 8.87. The van der Waals surface area contributed by atoms with E-state index in [4.69, 9.17) is 5.73 Å². The summed E-state index contributed by atoms with van der Waals surface area (Å²) in [6.45, 7) is 9.74. The van der Waals surface area contributed by atoms with Crippen molar-refractivity contribution in [2.75, 3.05) is 18.4 Å². The van der Waals surface area contributed by atoms with E-state index in [0.29, 0.717) is 0 Å². The van der Waals surface area contributed by atoms with Crippen molar-refractivity contribution in [3.8, 4) is 0 Å². The lowest BCUT2D eigenvalue weighted by atomic mass is 9.99. The van der Waals surface area contributed by atoms with E-state index in [1.165, 1.54) is 31.5 Å². The third-order valence-corrected chi connectivity index (χ3v) is 4.93. The van der Waals surface area contributed by atoms with Gasteiger partial charge in [0.2, 0.25) is 5.91 Å².